The summed E-state index contributed by atoms with van der Waals surface area (Å²) in [6.07, 6.45) is 1.56. The van der Waals surface area contributed by atoms with Crippen molar-refractivity contribution in [3.05, 3.63) is 148 Å². The van der Waals surface area contributed by atoms with E-state index < -0.39 is 11.9 Å². The van der Waals surface area contributed by atoms with E-state index >= 15 is 0 Å². The zero-order chi connectivity index (χ0) is 29.9. The summed E-state index contributed by atoms with van der Waals surface area (Å²) >= 11 is 4.98. The Balaban J connectivity index is 1.16. The van der Waals surface area contributed by atoms with Gasteiger partial charge in [-0.1, -0.05) is 78.9 Å². The molecule has 216 valence electrons. The number of nitrogens with zero attached hydrogens (tertiary/aromatic N) is 1. The van der Waals surface area contributed by atoms with Crippen molar-refractivity contribution in [3.63, 3.8) is 0 Å². The van der Waals surface area contributed by atoms with Gasteiger partial charge in [0, 0.05) is 16.0 Å². The van der Waals surface area contributed by atoms with Crippen molar-refractivity contribution >= 4 is 56.5 Å². The average Bonchev–Trinajstić information content (AvgIpc) is 3.04. The molecule has 0 fully saturated rings. The van der Waals surface area contributed by atoms with Crippen LogP contribution >= 0.6 is 27.7 Å². The zero-order valence-corrected chi connectivity index (χ0v) is 25.7. The number of hydrogen-bond donors (Lipinski definition) is 2. The maximum absolute atomic E-state index is 13.1. The minimum absolute atomic E-state index is 0.337. The molecule has 0 spiro atoms. The molecule has 5 aromatic carbocycles. The monoisotopic (exact) mass is 651 g/mol. The molecule has 0 radical (unpaired) electrons. The van der Waals surface area contributed by atoms with Crippen molar-refractivity contribution in [2.75, 3.05) is 5.75 Å². The number of nitrogens with one attached hydrogen (secondary N) is 2. The third-order valence-corrected chi connectivity index (χ3v) is 8.42. The van der Waals surface area contributed by atoms with E-state index in [0.29, 0.717) is 28.1 Å². The minimum atomic E-state index is -0.781. The predicted octanol–water partition coefficient (Wildman–Crippen LogP) is 7.36. The topological polar surface area (TPSA) is 79.8 Å². The van der Waals surface area contributed by atoms with Crippen LogP contribution in [0.3, 0.4) is 0 Å². The van der Waals surface area contributed by atoms with Crippen LogP contribution in [0, 0.1) is 0 Å². The number of carbonyl (C=O) groups excluding carboxylic acids is 2. The third-order valence-electron chi connectivity index (χ3n) is 6.62. The first-order chi connectivity index (χ1) is 21.0. The van der Waals surface area contributed by atoms with E-state index in [9.17, 15) is 9.59 Å². The Morgan fingerprint density at radius 3 is 2.33 bits per heavy atom. The summed E-state index contributed by atoms with van der Waals surface area (Å²) in [6, 6.07) is 38.3. The highest BCUT2D eigenvalue weighted by atomic mass is 79.9. The number of fused-ring (bicyclic) bond motifs is 1. The number of hydrazone groups is 1. The van der Waals surface area contributed by atoms with Gasteiger partial charge in [-0.3, -0.25) is 9.59 Å². The van der Waals surface area contributed by atoms with Crippen molar-refractivity contribution in [3.8, 4) is 5.75 Å². The highest BCUT2D eigenvalue weighted by Crippen LogP contribution is 2.19. The fourth-order valence-electron chi connectivity index (χ4n) is 4.33. The fourth-order valence-corrected chi connectivity index (χ4v) is 5.81. The molecule has 0 aliphatic heterocycles. The molecule has 8 heteroatoms. The Kier molecular flexibility index (Phi) is 10.6. The van der Waals surface area contributed by atoms with E-state index in [1.807, 2.05) is 72.8 Å². The van der Waals surface area contributed by atoms with Gasteiger partial charge in [0.1, 0.15) is 18.4 Å². The lowest BCUT2D eigenvalue weighted by Crippen LogP contribution is -2.47. The SMILES string of the molecule is O=C(NC(CSCc1ccccc1)C(=O)N/N=C/c1ccc(OCc2ccc3ccccc3c2)cc1)c1ccccc1Br. The number of benzene rings is 5. The molecule has 5 rings (SSSR count). The molecule has 2 N–H and O–H groups in total. The summed E-state index contributed by atoms with van der Waals surface area (Å²) in [4.78, 5) is 26.1. The maximum atomic E-state index is 13.1. The van der Waals surface area contributed by atoms with Gasteiger partial charge < -0.3 is 10.1 Å². The number of halogens is 1. The Labute approximate surface area is 263 Å². The van der Waals surface area contributed by atoms with E-state index in [0.717, 1.165) is 22.4 Å². The molecular formula is C35H30BrN3O3S. The maximum Gasteiger partial charge on any atom is 0.263 e. The van der Waals surface area contributed by atoms with E-state index in [-0.39, 0.29) is 5.91 Å². The van der Waals surface area contributed by atoms with Gasteiger partial charge in [0.2, 0.25) is 0 Å². The summed E-state index contributed by atoms with van der Waals surface area (Å²) < 4.78 is 6.62. The Morgan fingerprint density at radius 2 is 1.53 bits per heavy atom. The highest BCUT2D eigenvalue weighted by Gasteiger charge is 2.22. The van der Waals surface area contributed by atoms with E-state index in [1.54, 1.807) is 36.2 Å². The molecule has 43 heavy (non-hydrogen) atoms. The van der Waals surface area contributed by atoms with Crippen LogP contribution in [-0.4, -0.2) is 29.8 Å². The first-order valence-electron chi connectivity index (χ1n) is 13.8. The van der Waals surface area contributed by atoms with Crippen molar-refractivity contribution < 1.29 is 14.3 Å². The molecule has 0 saturated carbocycles. The molecule has 2 amide bonds. The Hall–Kier alpha value is -4.40. The molecule has 5 aromatic rings. The number of hydrogen-bond acceptors (Lipinski definition) is 5. The van der Waals surface area contributed by atoms with Gasteiger partial charge in [0.05, 0.1) is 11.8 Å². The number of rotatable bonds is 12. The molecule has 0 saturated heterocycles. The van der Waals surface area contributed by atoms with Crippen LogP contribution in [0.2, 0.25) is 0 Å². The van der Waals surface area contributed by atoms with Crippen LogP contribution in [-0.2, 0) is 17.2 Å². The van der Waals surface area contributed by atoms with Crippen LogP contribution < -0.4 is 15.5 Å². The standard InChI is InChI=1S/C35H30BrN3O3S/c36-32-13-7-6-12-31(32)34(40)38-33(24-43-23-26-8-2-1-3-9-26)35(41)39-37-21-25-15-18-30(19-16-25)42-22-27-14-17-28-10-4-5-11-29(28)20-27/h1-21,33H,22-24H2,(H,38,40)(H,39,41)/b37-21+. The second kappa shape index (κ2) is 15.2. The largest absolute Gasteiger partial charge is 0.489 e. The van der Waals surface area contributed by atoms with E-state index in [2.05, 4.69) is 62.1 Å². The quantitative estimate of drug-likeness (QED) is 0.109. The minimum Gasteiger partial charge on any atom is -0.489 e. The molecule has 0 aliphatic rings. The molecule has 0 aliphatic carbocycles. The van der Waals surface area contributed by atoms with Gasteiger partial charge in [-0.2, -0.15) is 16.9 Å². The molecular weight excluding hydrogens is 622 g/mol. The van der Waals surface area contributed by atoms with E-state index in [4.69, 9.17) is 4.74 Å². The molecule has 0 bridgehead atoms. The van der Waals surface area contributed by atoms with Crippen molar-refractivity contribution in [2.45, 2.75) is 18.4 Å². The van der Waals surface area contributed by atoms with Crippen molar-refractivity contribution in [1.82, 2.24) is 10.7 Å². The lowest BCUT2D eigenvalue weighted by atomic mass is 10.1. The number of ether oxygens (including phenoxy) is 1. The fraction of sp³-hybridized carbons (Fsp3) is 0.114. The van der Waals surface area contributed by atoms with Gasteiger partial charge in [0.15, 0.2) is 0 Å². The summed E-state index contributed by atoms with van der Waals surface area (Å²) in [5.41, 5.74) is 6.08. The number of carbonyl (C=O) groups is 2. The predicted molar refractivity (Wildman–Crippen MR) is 178 cm³/mol. The highest BCUT2D eigenvalue weighted by molar-refractivity contribution is 9.10. The second-order valence-corrected chi connectivity index (χ2v) is 11.7. The summed E-state index contributed by atoms with van der Waals surface area (Å²) in [5, 5.41) is 9.39. The number of thioether (sulfide) groups is 1. The summed E-state index contributed by atoms with van der Waals surface area (Å²) in [7, 11) is 0. The van der Waals surface area contributed by atoms with Gasteiger partial charge in [-0.25, -0.2) is 5.43 Å². The van der Waals surface area contributed by atoms with Crippen molar-refractivity contribution in [1.29, 1.82) is 0 Å². The number of amides is 2. The first kappa shape index (κ1) is 30.1. The van der Waals surface area contributed by atoms with Gasteiger partial charge in [0.25, 0.3) is 11.8 Å². The Morgan fingerprint density at radius 1 is 0.814 bits per heavy atom. The average molecular weight is 653 g/mol. The lowest BCUT2D eigenvalue weighted by molar-refractivity contribution is -0.122. The normalized spacial score (nSPS) is 11.7. The van der Waals surface area contributed by atoms with Crippen LogP contribution in [0.25, 0.3) is 10.8 Å². The van der Waals surface area contributed by atoms with Crippen LogP contribution in [0.15, 0.2) is 131 Å². The van der Waals surface area contributed by atoms with Crippen LogP contribution in [0.5, 0.6) is 5.75 Å². The molecule has 0 aromatic heterocycles. The van der Waals surface area contributed by atoms with Crippen LogP contribution in [0.1, 0.15) is 27.0 Å². The van der Waals surface area contributed by atoms with Crippen LogP contribution in [0.4, 0.5) is 0 Å². The molecule has 1 unspecified atom stereocenters. The zero-order valence-electron chi connectivity index (χ0n) is 23.3. The first-order valence-corrected chi connectivity index (χ1v) is 15.7. The smallest absolute Gasteiger partial charge is 0.263 e. The molecule has 0 heterocycles. The van der Waals surface area contributed by atoms with Gasteiger partial charge in [-0.05, 0) is 85.9 Å². The summed E-state index contributed by atoms with van der Waals surface area (Å²) in [6.45, 7) is 0.462. The van der Waals surface area contributed by atoms with Gasteiger partial charge in [-0.15, -0.1) is 0 Å². The summed E-state index contributed by atoms with van der Waals surface area (Å²) in [5.74, 6) is 1.10. The van der Waals surface area contributed by atoms with Crippen molar-refractivity contribution in [2.24, 2.45) is 5.10 Å². The lowest BCUT2D eigenvalue weighted by Gasteiger charge is -2.17. The molecule has 1 atom stereocenters. The van der Waals surface area contributed by atoms with E-state index in [1.165, 1.54) is 10.8 Å². The second-order valence-electron chi connectivity index (χ2n) is 9.78. The third kappa shape index (κ3) is 8.80. The Bertz CT molecular complexity index is 1710. The molecule has 6 nitrogen and oxygen atoms in total. The van der Waals surface area contributed by atoms with Gasteiger partial charge >= 0.3 is 0 Å².